The number of carbonyl (C=O) groups excluding carboxylic acids is 7. The molecule has 99 heavy (non-hydrogen) atoms. The van der Waals surface area contributed by atoms with Crippen molar-refractivity contribution in [2.45, 2.75) is 127 Å². The minimum absolute atomic E-state index is 0.0558. The van der Waals surface area contributed by atoms with E-state index in [2.05, 4.69) is 58.5 Å². The van der Waals surface area contributed by atoms with Gasteiger partial charge in [-0.05, 0) is 123 Å². The zero-order valence-corrected chi connectivity index (χ0v) is 57.2. The number of nitrogens with zero attached hydrogens (tertiary/aromatic N) is 4. The molecule has 2 fully saturated rings. The van der Waals surface area contributed by atoms with Gasteiger partial charge in [-0.1, -0.05) is 70.5 Å². The second-order valence-corrected chi connectivity index (χ2v) is 26.0. The number of amides is 8. The van der Waals surface area contributed by atoms with Crippen molar-refractivity contribution in [2.75, 3.05) is 105 Å². The Balaban J connectivity index is 1.15. The van der Waals surface area contributed by atoms with Crippen molar-refractivity contribution in [3.05, 3.63) is 82.3 Å². The molecule has 3 aromatic rings. The van der Waals surface area contributed by atoms with Crippen LogP contribution in [0, 0.1) is 11.8 Å². The van der Waals surface area contributed by atoms with Crippen molar-refractivity contribution in [3.63, 3.8) is 0 Å². The lowest BCUT2D eigenvalue weighted by Crippen LogP contribution is -2.51. The maximum atomic E-state index is 14.1. The quantitative estimate of drug-likeness (QED) is 0.0357. The molecule has 0 unspecified atom stereocenters. The number of carboxylic acids is 6. The summed E-state index contributed by atoms with van der Waals surface area (Å²) in [6.07, 6.45) is 3.72. The standard InChI is InChI=1S/C67H95BrN12O19/c68-50-22-17-44(18-23-50)8-7-13-55(81)71-39-56(82)73-51(11-3-5-26-69-57(83)40-77-28-30-78(41-59(86)87)32-34-80(43-61(90)91)35-33-79(31-29-77)42-60(88)89)63(93)72-38-45-14-20-48(21-15-45)62(92)74-54(37-46-16-19-47-9-1-2-10-49(47)36-46)64(94)70-27-6-4-12-52(65(95)96)75-67(99)76-53(66(97)98)24-25-58(84)85/h1-2,9-10,16-19,22-23,36,45,48,51-54H,3-8,11-15,20-21,24-35,37-43H2,(H,69,83)(H,70,94)(H,71,81)(H,72,93)(H,73,82)(H,74,92)(H,84,85)(H,86,87)(H,88,89)(H,90,91)(H,95,96)(H,97,98)(H2,75,76,99)/t45?,48?,51-,52-,53-,54+/m0/s1. The van der Waals surface area contributed by atoms with Crippen LogP contribution >= 0.6 is 15.9 Å². The minimum Gasteiger partial charge on any atom is -0.481 e. The lowest BCUT2D eigenvalue weighted by molar-refractivity contribution is -0.141. The molecule has 8 amide bonds. The molecular weight excluding hydrogens is 1360 g/mol. The molecule has 0 bridgehead atoms. The average Bonchev–Trinajstić information content (AvgIpc) is 0.864. The minimum atomic E-state index is -1.57. The molecular formula is C67H95BrN12O19. The number of unbranched alkanes of at least 4 members (excludes halogenated alkanes) is 2. The van der Waals surface area contributed by atoms with Crippen LogP contribution in [0.3, 0.4) is 0 Å². The van der Waals surface area contributed by atoms with Gasteiger partial charge >= 0.3 is 41.8 Å². The van der Waals surface area contributed by atoms with Crippen molar-refractivity contribution in [3.8, 4) is 0 Å². The summed E-state index contributed by atoms with van der Waals surface area (Å²) in [5.41, 5.74) is 1.82. The van der Waals surface area contributed by atoms with E-state index in [9.17, 15) is 87.9 Å². The lowest BCUT2D eigenvalue weighted by Gasteiger charge is -2.32. The smallest absolute Gasteiger partial charge is 0.326 e. The summed E-state index contributed by atoms with van der Waals surface area (Å²) in [6, 6.07) is 14.9. The molecule has 32 heteroatoms. The first-order chi connectivity index (χ1) is 47.3. The maximum absolute atomic E-state index is 14.1. The van der Waals surface area contributed by atoms with Crippen LogP contribution < -0.4 is 42.5 Å². The second kappa shape index (κ2) is 43.5. The first-order valence-electron chi connectivity index (χ1n) is 33.5. The van der Waals surface area contributed by atoms with E-state index >= 15 is 0 Å². The molecule has 1 saturated heterocycles. The average molecular weight is 1450 g/mol. The van der Waals surface area contributed by atoms with Gasteiger partial charge in [-0.2, -0.15) is 0 Å². The van der Waals surface area contributed by atoms with E-state index in [0.717, 1.165) is 26.4 Å². The fourth-order valence-corrected chi connectivity index (χ4v) is 11.9. The van der Waals surface area contributed by atoms with Gasteiger partial charge in [0.1, 0.15) is 24.2 Å². The molecule has 0 spiro atoms. The lowest BCUT2D eigenvalue weighted by atomic mass is 9.81. The third-order valence-electron chi connectivity index (χ3n) is 17.2. The Morgan fingerprint density at radius 3 is 1.49 bits per heavy atom. The summed E-state index contributed by atoms with van der Waals surface area (Å²) >= 11 is 3.41. The van der Waals surface area contributed by atoms with Crippen LogP contribution in [0.2, 0.25) is 0 Å². The van der Waals surface area contributed by atoms with Crippen molar-refractivity contribution in [2.24, 2.45) is 11.8 Å². The first kappa shape index (κ1) is 80.8. The summed E-state index contributed by atoms with van der Waals surface area (Å²) in [5, 5.41) is 80.0. The van der Waals surface area contributed by atoms with Gasteiger partial charge < -0.3 is 73.2 Å². The molecule has 0 aromatic heterocycles. The van der Waals surface area contributed by atoms with Gasteiger partial charge in [0, 0.05) is 102 Å². The number of fused-ring (bicyclic) bond motifs is 1. The monoisotopic (exact) mass is 1450 g/mol. The fourth-order valence-electron chi connectivity index (χ4n) is 11.7. The molecule has 1 aliphatic carbocycles. The highest BCUT2D eigenvalue weighted by Gasteiger charge is 2.32. The van der Waals surface area contributed by atoms with Gasteiger partial charge in [0.15, 0.2) is 0 Å². The normalized spacial score (nSPS) is 17.1. The Morgan fingerprint density at radius 2 is 0.949 bits per heavy atom. The van der Waals surface area contributed by atoms with E-state index in [1.165, 1.54) is 0 Å². The summed E-state index contributed by atoms with van der Waals surface area (Å²) in [5.74, 6) is -10.5. The number of benzene rings is 3. The number of aryl methyl sites for hydroxylation is 1. The van der Waals surface area contributed by atoms with E-state index in [1.54, 1.807) is 19.6 Å². The van der Waals surface area contributed by atoms with Gasteiger partial charge in [-0.25, -0.2) is 14.4 Å². The van der Waals surface area contributed by atoms with Crippen LogP contribution in [0.5, 0.6) is 0 Å². The fraction of sp³-hybridized carbons (Fsp3) is 0.567. The Labute approximate surface area is 582 Å². The highest BCUT2D eigenvalue weighted by Crippen LogP contribution is 2.29. The van der Waals surface area contributed by atoms with E-state index in [-0.39, 0.29) is 167 Å². The number of nitrogens with one attached hydrogen (secondary N) is 8. The van der Waals surface area contributed by atoms with Gasteiger partial charge in [0.05, 0.1) is 32.7 Å². The summed E-state index contributed by atoms with van der Waals surface area (Å²) in [6.45, 7) is 0.885. The summed E-state index contributed by atoms with van der Waals surface area (Å²) in [7, 11) is 0. The van der Waals surface area contributed by atoms with Crippen molar-refractivity contribution < 1.29 is 93.0 Å². The topological polar surface area (TPSA) is 452 Å². The Bertz CT molecular complexity index is 3180. The number of hydrogen-bond donors (Lipinski definition) is 14. The number of halogens is 1. The van der Waals surface area contributed by atoms with E-state index < -0.39 is 102 Å². The van der Waals surface area contributed by atoms with Crippen molar-refractivity contribution in [1.29, 1.82) is 0 Å². The largest absolute Gasteiger partial charge is 0.481 e. The zero-order valence-electron chi connectivity index (χ0n) is 55.6. The predicted molar refractivity (Wildman–Crippen MR) is 364 cm³/mol. The molecule has 1 saturated carbocycles. The summed E-state index contributed by atoms with van der Waals surface area (Å²) < 4.78 is 0.929. The number of carbonyl (C=O) groups is 13. The summed E-state index contributed by atoms with van der Waals surface area (Å²) in [4.78, 5) is 171. The molecule has 14 N–H and O–H groups in total. The van der Waals surface area contributed by atoms with E-state index in [4.69, 9.17) is 5.11 Å². The van der Waals surface area contributed by atoms with Crippen molar-refractivity contribution >= 4 is 104 Å². The Morgan fingerprint density at radius 1 is 0.444 bits per heavy atom. The van der Waals surface area contributed by atoms with Crippen LogP contribution in [-0.4, -0.2) is 256 Å². The molecule has 1 aliphatic heterocycles. The number of carboxylic acid groups (broad SMARTS) is 6. The second-order valence-electron chi connectivity index (χ2n) is 25.0. The highest BCUT2D eigenvalue weighted by atomic mass is 79.9. The molecule has 0 radical (unpaired) electrons. The third-order valence-corrected chi connectivity index (χ3v) is 17.8. The highest BCUT2D eigenvalue weighted by molar-refractivity contribution is 9.10. The van der Waals surface area contributed by atoms with Crippen LogP contribution in [-0.2, 0) is 70.4 Å². The maximum Gasteiger partial charge on any atom is 0.326 e. The van der Waals surface area contributed by atoms with Gasteiger partial charge in [-0.3, -0.25) is 67.5 Å². The molecule has 4 atom stereocenters. The molecule has 5 rings (SSSR count). The van der Waals surface area contributed by atoms with Crippen LogP contribution in [0.4, 0.5) is 4.79 Å². The number of aliphatic carboxylic acids is 6. The third kappa shape index (κ3) is 32.6. The van der Waals surface area contributed by atoms with Gasteiger partial charge in [-0.15, -0.1) is 0 Å². The van der Waals surface area contributed by atoms with Crippen LogP contribution in [0.25, 0.3) is 10.8 Å². The van der Waals surface area contributed by atoms with Crippen LogP contribution in [0.1, 0.15) is 101 Å². The zero-order chi connectivity index (χ0) is 72.2. The van der Waals surface area contributed by atoms with E-state index in [0.29, 0.717) is 51.4 Å². The van der Waals surface area contributed by atoms with E-state index in [1.807, 2.05) is 66.7 Å². The number of hydrogen-bond acceptors (Lipinski definition) is 17. The van der Waals surface area contributed by atoms with Gasteiger partial charge in [0.25, 0.3) is 0 Å². The van der Waals surface area contributed by atoms with Crippen molar-refractivity contribution in [1.82, 2.24) is 62.1 Å². The SMILES string of the molecule is O=C(O)CC[C@H](NC(=O)N[C@@H](CCCCNC(=O)[C@@H](Cc1ccc2ccccc2c1)NC(=O)C1CCC(CNC(=O)[C@H](CCCCNC(=O)CN2CCN(CC(=O)O)CCN(CC(=O)O)CCN(CC(=O)O)CC2)NC(=O)CNC(=O)CCCc2ccc(Br)cc2)CC1)C(=O)O)C(=O)O. The Kier molecular flexibility index (Phi) is 35.5. The molecule has 544 valence electrons. The first-order valence-corrected chi connectivity index (χ1v) is 34.3. The molecule has 3 aromatic carbocycles. The molecule has 2 aliphatic rings. The Hall–Kier alpha value is -8.85. The predicted octanol–water partition coefficient (Wildman–Crippen LogP) is 1.29. The number of urea groups is 1. The van der Waals surface area contributed by atoms with Gasteiger partial charge in [0.2, 0.25) is 35.4 Å². The molecule has 1 heterocycles. The van der Waals surface area contributed by atoms with Crippen LogP contribution in [0.15, 0.2) is 71.2 Å². The number of rotatable bonds is 40. The molecule has 31 nitrogen and oxygen atoms in total.